The molecule has 1 aliphatic rings. The average Bonchev–Trinajstić information content (AvgIpc) is 2.95. The number of hydrogen-bond acceptors (Lipinski definition) is 6. The summed E-state index contributed by atoms with van der Waals surface area (Å²) in [7, 11) is 0. The minimum Gasteiger partial charge on any atom is -0.461 e. The molecule has 1 aromatic rings. The van der Waals surface area contributed by atoms with E-state index < -0.39 is 11.6 Å². The molecule has 0 bridgehead atoms. The first-order valence-corrected chi connectivity index (χ1v) is 8.82. The summed E-state index contributed by atoms with van der Waals surface area (Å²) in [6.07, 6.45) is 2.48. The Hall–Kier alpha value is -1.63. The van der Waals surface area contributed by atoms with Crippen molar-refractivity contribution in [1.82, 2.24) is 9.88 Å². The minimum absolute atomic E-state index is 0.133. The van der Waals surface area contributed by atoms with Gasteiger partial charge in [0.15, 0.2) is 5.69 Å². The maximum Gasteiger partial charge on any atom is 0.410 e. The van der Waals surface area contributed by atoms with Crippen LogP contribution in [0.5, 0.6) is 0 Å². The van der Waals surface area contributed by atoms with Gasteiger partial charge in [-0.2, -0.15) is 0 Å². The third kappa shape index (κ3) is 4.67. The van der Waals surface area contributed by atoms with Gasteiger partial charge in [-0.25, -0.2) is 14.6 Å². The molecular weight excluding hydrogens is 316 g/mol. The molecule has 2 rings (SSSR count). The normalized spacial score (nSPS) is 18.6. The predicted octanol–water partition coefficient (Wildman–Crippen LogP) is 3.78. The molecule has 1 aliphatic heterocycles. The number of amides is 1. The molecular formula is C16H24N2O4S. The maximum absolute atomic E-state index is 12.4. The van der Waals surface area contributed by atoms with Crippen molar-refractivity contribution < 1.29 is 19.1 Å². The van der Waals surface area contributed by atoms with Gasteiger partial charge in [0.25, 0.3) is 0 Å². The van der Waals surface area contributed by atoms with Crippen molar-refractivity contribution in [2.24, 2.45) is 0 Å². The van der Waals surface area contributed by atoms with Crippen LogP contribution in [0.25, 0.3) is 0 Å². The third-order valence-corrected chi connectivity index (χ3v) is 4.37. The molecule has 0 N–H and O–H groups in total. The lowest BCUT2D eigenvalue weighted by Crippen LogP contribution is -2.41. The second-order valence-corrected chi connectivity index (χ2v) is 7.37. The summed E-state index contributed by atoms with van der Waals surface area (Å²) in [6, 6.07) is -0.133. The van der Waals surface area contributed by atoms with E-state index in [1.54, 1.807) is 17.2 Å². The van der Waals surface area contributed by atoms with Gasteiger partial charge in [0, 0.05) is 11.9 Å². The zero-order valence-electron chi connectivity index (χ0n) is 14.1. The SMILES string of the molecule is CCOC(=O)c1csc([C@H]2CCCCN2C(=O)OC(C)(C)C)n1. The molecule has 0 saturated carbocycles. The molecule has 23 heavy (non-hydrogen) atoms. The molecule has 6 nitrogen and oxygen atoms in total. The van der Waals surface area contributed by atoms with Crippen LogP contribution in [-0.2, 0) is 9.47 Å². The molecule has 1 saturated heterocycles. The second kappa shape index (κ2) is 7.29. The summed E-state index contributed by atoms with van der Waals surface area (Å²) in [5.74, 6) is -0.422. The van der Waals surface area contributed by atoms with Crippen molar-refractivity contribution in [2.75, 3.05) is 13.2 Å². The fourth-order valence-corrected chi connectivity index (χ4v) is 3.40. The van der Waals surface area contributed by atoms with E-state index in [-0.39, 0.29) is 12.1 Å². The number of rotatable bonds is 3. The molecule has 7 heteroatoms. The predicted molar refractivity (Wildman–Crippen MR) is 87.6 cm³/mol. The lowest BCUT2D eigenvalue weighted by Gasteiger charge is -2.35. The van der Waals surface area contributed by atoms with Gasteiger partial charge in [-0.3, -0.25) is 4.90 Å². The molecule has 0 spiro atoms. The van der Waals surface area contributed by atoms with E-state index in [0.29, 0.717) is 18.8 Å². The molecule has 0 aromatic carbocycles. The third-order valence-electron chi connectivity index (χ3n) is 3.42. The van der Waals surface area contributed by atoms with Gasteiger partial charge in [-0.05, 0) is 47.0 Å². The second-order valence-electron chi connectivity index (χ2n) is 6.48. The summed E-state index contributed by atoms with van der Waals surface area (Å²) >= 11 is 1.39. The largest absolute Gasteiger partial charge is 0.461 e. The number of piperidine rings is 1. The lowest BCUT2D eigenvalue weighted by molar-refractivity contribution is 0.00948. The summed E-state index contributed by atoms with van der Waals surface area (Å²) in [6.45, 7) is 8.29. The molecule has 0 aliphatic carbocycles. The molecule has 1 atom stereocenters. The van der Waals surface area contributed by atoms with Crippen molar-refractivity contribution in [2.45, 2.75) is 58.6 Å². The van der Waals surface area contributed by atoms with Crippen LogP contribution in [0.2, 0.25) is 0 Å². The van der Waals surface area contributed by atoms with Crippen molar-refractivity contribution in [3.63, 3.8) is 0 Å². The Morgan fingerprint density at radius 1 is 1.39 bits per heavy atom. The fourth-order valence-electron chi connectivity index (χ4n) is 2.47. The summed E-state index contributed by atoms with van der Waals surface area (Å²) in [5.41, 5.74) is -0.223. The van der Waals surface area contributed by atoms with Crippen LogP contribution >= 0.6 is 11.3 Å². The Morgan fingerprint density at radius 3 is 2.78 bits per heavy atom. The highest BCUT2D eigenvalue weighted by Crippen LogP contribution is 2.34. The molecule has 128 valence electrons. The first-order chi connectivity index (χ1) is 10.8. The number of likely N-dealkylation sites (tertiary alicyclic amines) is 1. The first kappa shape index (κ1) is 17.7. The zero-order chi connectivity index (χ0) is 17.0. The van der Waals surface area contributed by atoms with Crippen molar-refractivity contribution in [3.05, 3.63) is 16.1 Å². The Labute approximate surface area is 140 Å². The van der Waals surface area contributed by atoms with Gasteiger partial charge in [0.2, 0.25) is 0 Å². The van der Waals surface area contributed by atoms with Gasteiger partial charge in [0.1, 0.15) is 10.6 Å². The van der Waals surface area contributed by atoms with E-state index in [0.717, 1.165) is 24.3 Å². The number of aromatic nitrogens is 1. The Morgan fingerprint density at radius 2 is 2.13 bits per heavy atom. The molecule has 0 radical (unpaired) electrons. The number of nitrogens with zero attached hydrogens (tertiary/aromatic N) is 2. The van der Waals surface area contributed by atoms with E-state index in [1.807, 2.05) is 20.8 Å². The van der Waals surface area contributed by atoms with Gasteiger partial charge in [-0.1, -0.05) is 0 Å². The molecule has 1 aromatic heterocycles. The summed E-state index contributed by atoms with van der Waals surface area (Å²) in [4.78, 5) is 30.3. The van der Waals surface area contributed by atoms with Gasteiger partial charge >= 0.3 is 12.1 Å². The Bertz CT molecular complexity index is 565. The number of thiazole rings is 1. The maximum atomic E-state index is 12.4. The van der Waals surface area contributed by atoms with Crippen LogP contribution < -0.4 is 0 Å². The molecule has 0 unspecified atom stereocenters. The van der Waals surface area contributed by atoms with Crippen LogP contribution in [0.3, 0.4) is 0 Å². The highest BCUT2D eigenvalue weighted by Gasteiger charge is 2.33. The minimum atomic E-state index is -0.530. The van der Waals surface area contributed by atoms with Gasteiger partial charge in [-0.15, -0.1) is 11.3 Å². The summed E-state index contributed by atoms with van der Waals surface area (Å²) < 4.78 is 10.5. The van der Waals surface area contributed by atoms with Crippen molar-refractivity contribution in [1.29, 1.82) is 0 Å². The van der Waals surface area contributed by atoms with Crippen LogP contribution in [0.1, 0.15) is 68.5 Å². The van der Waals surface area contributed by atoms with Crippen LogP contribution in [0.15, 0.2) is 5.38 Å². The Balaban J connectivity index is 2.15. The van der Waals surface area contributed by atoms with E-state index in [9.17, 15) is 9.59 Å². The highest BCUT2D eigenvalue weighted by atomic mass is 32.1. The molecule has 1 fully saturated rings. The number of carbonyl (C=O) groups is 2. The number of esters is 1. The van der Waals surface area contributed by atoms with E-state index >= 15 is 0 Å². The monoisotopic (exact) mass is 340 g/mol. The van der Waals surface area contributed by atoms with Crippen molar-refractivity contribution >= 4 is 23.4 Å². The number of ether oxygens (including phenoxy) is 2. The highest BCUT2D eigenvalue weighted by molar-refractivity contribution is 7.09. The van der Waals surface area contributed by atoms with Crippen LogP contribution in [0.4, 0.5) is 4.79 Å². The topological polar surface area (TPSA) is 68.7 Å². The van der Waals surface area contributed by atoms with Crippen LogP contribution in [0, 0.1) is 0 Å². The molecule has 2 heterocycles. The standard InChI is InChI=1S/C16H24N2O4S/c1-5-21-14(19)11-10-23-13(17-11)12-8-6-7-9-18(12)15(20)22-16(2,3)4/h10,12H,5-9H2,1-4H3/t12-/m1/s1. The summed E-state index contributed by atoms with van der Waals surface area (Å²) in [5, 5.41) is 2.45. The fraction of sp³-hybridized carbons (Fsp3) is 0.688. The van der Waals surface area contributed by atoms with E-state index in [1.165, 1.54) is 11.3 Å². The van der Waals surface area contributed by atoms with E-state index in [4.69, 9.17) is 9.47 Å². The quantitative estimate of drug-likeness (QED) is 0.783. The first-order valence-electron chi connectivity index (χ1n) is 7.94. The van der Waals surface area contributed by atoms with Crippen LogP contribution in [-0.4, -0.2) is 40.7 Å². The number of carbonyl (C=O) groups excluding carboxylic acids is 2. The van der Waals surface area contributed by atoms with Gasteiger partial charge in [0.05, 0.1) is 12.6 Å². The van der Waals surface area contributed by atoms with E-state index in [2.05, 4.69) is 4.98 Å². The van der Waals surface area contributed by atoms with Crippen molar-refractivity contribution in [3.8, 4) is 0 Å². The average molecular weight is 340 g/mol. The molecule has 1 amide bonds. The Kier molecular flexibility index (Phi) is 5.62. The lowest BCUT2D eigenvalue weighted by atomic mass is 10.0. The zero-order valence-corrected chi connectivity index (χ0v) is 14.9. The van der Waals surface area contributed by atoms with Gasteiger partial charge < -0.3 is 9.47 Å². The smallest absolute Gasteiger partial charge is 0.410 e. The number of hydrogen-bond donors (Lipinski definition) is 0.